The van der Waals surface area contributed by atoms with Gasteiger partial charge in [-0.2, -0.15) is 0 Å². The molecule has 2 N–H and O–H groups in total. The number of nitrogens with zero attached hydrogens (tertiary/aromatic N) is 1. The zero-order chi connectivity index (χ0) is 8.55. The van der Waals surface area contributed by atoms with Crippen molar-refractivity contribution in [2.45, 2.75) is 25.7 Å². The van der Waals surface area contributed by atoms with E-state index < -0.39 is 0 Å². The van der Waals surface area contributed by atoms with Crippen LogP contribution in [0.25, 0.3) is 0 Å². The first-order valence-corrected chi connectivity index (χ1v) is 4.49. The van der Waals surface area contributed by atoms with E-state index in [9.17, 15) is 0 Å². The van der Waals surface area contributed by atoms with Crippen LogP contribution in [0.1, 0.15) is 31.2 Å². The fraction of sp³-hybridized carbons (Fsp3) is 0.500. The van der Waals surface area contributed by atoms with Crippen LogP contribution in [0, 0.1) is 5.92 Å². The standard InChI is InChI=1S/C10H14N2/c1-7(8-4-5-8)9-3-2-6-12-10(9)11/h2-3,6-8H,4-5H2,1H3,(H2,11,12). The van der Waals surface area contributed by atoms with Crippen molar-refractivity contribution in [3.05, 3.63) is 23.9 Å². The molecule has 0 amide bonds. The molecule has 1 unspecified atom stereocenters. The maximum atomic E-state index is 5.78. The normalized spacial score (nSPS) is 19.1. The van der Waals surface area contributed by atoms with Crippen LogP contribution >= 0.6 is 0 Å². The van der Waals surface area contributed by atoms with Gasteiger partial charge in [-0.15, -0.1) is 0 Å². The predicted octanol–water partition coefficient (Wildman–Crippen LogP) is 2.18. The number of hydrogen-bond donors (Lipinski definition) is 1. The highest BCUT2D eigenvalue weighted by Crippen LogP contribution is 2.43. The lowest BCUT2D eigenvalue weighted by Gasteiger charge is -2.11. The molecule has 0 spiro atoms. The smallest absolute Gasteiger partial charge is 0.126 e. The number of nitrogen functional groups attached to an aromatic ring is 1. The predicted molar refractivity (Wildman–Crippen MR) is 49.8 cm³/mol. The Morgan fingerprint density at radius 1 is 1.58 bits per heavy atom. The molecule has 1 aliphatic carbocycles. The first kappa shape index (κ1) is 7.59. The zero-order valence-electron chi connectivity index (χ0n) is 7.33. The third-order valence-corrected chi connectivity index (χ3v) is 2.69. The maximum Gasteiger partial charge on any atom is 0.126 e. The molecule has 1 heterocycles. The average molecular weight is 162 g/mol. The fourth-order valence-corrected chi connectivity index (χ4v) is 1.67. The van der Waals surface area contributed by atoms with Gasteiger partial charge in [-0.1, -0.05) is 13.0 Å². The molecule has 0 saturated heterocycles. The van der Waals surface area contributed by atoms with Crippen LogP contribution in [-0.4, -0.2) is 4.98 Å². The monoisotopic (exact) mass is 162 g/mol. The van der Waals surface area contributed by atoms with Gasteiger partial charge in [0, 0.05) is 6.20 Å². The van der Waals surface area contributed by atoms with E-state index in [2.05, 4.69) is 18.0 Å². The molecule has 2 nitrogen and oxygen atoms in total. The molecule has 2 rings (SSSR count). The minimum atomic E-state index is 0.596. The number of pyridine rings is 1. The van der Waals surface area contributed by atoms with Gasteiger partial charge in [0.2, 0.25) is 0 Å². The Labute approximate surface area is 72.8 Å². The lowest BCUT2D eigenvalue weighted by molar-refractivity contribution is 0.664. The molecule has 1 saturated carbocycles. The van der Waals surface area contributed by atoms with Gasteiger partial charge >= 0.3 is 0 Å². The van der Waals surface area contributed by atoms with Crippen LogP contribution in [0.5, 0.6) is 0 Å². The van der Waals surface area contributed by atoms with Crippen molar-refractivity contribution in [2.75, 3.05) is 5.73 Å². The highest BCUT2D eigenvalue weighted by atomic mass is 14.8. The fourth-order valence-electron chi connectivity index (χ4n) is 1.67. The molecule has 1 fully saturated rings. The molecule has 1 aromatic heterocycles. The van der Waals surface area contributed by atoms with Gasteiger partial charge in [0.25, 0.3) is 0 Å². The number of nitrogens with two attached hydrogens (primary N) is 1. The highest BCUT2D eigenvalue weighted by molar-refractivity contribution is 5.41. The van der Waals surface area contributed by atoms with Crippen LogP contribution in [-0.2, 0) is 0 Å². The van der Waals surface area contributed by atoms with Crippen molar-refractivity contribution in [1.82, 2.24) is 4.98 Å². The molecule has 12 heavy (non-hydrogen) atoms. The Hall–Kier alpha value is -1.05. The van der Waals surface area contributed by atoms with Crippen molar-refractivity contribution in [2.24, 2.45) is 5.92 Å². The first-order valence-electron chi connectivity index (χ1n) is 4.49. The Kier molecular flexibility index (Phi) is 1.75. The molecule has 1 aliphatic rings. The van der Waals surface area contributed by atoms with Crippen molar-refractivity contribution in [1.29, 1.82) is 0 Å². The largest absolute Gasteiger partial charge is 0.383 e. The van der Waals surface area contributed by atoms with Gasteiger partial charge in [-0.05, 0) is 36.3 Å². The Bertz CT molecular complexity index is 279. The van der Waals surface area contributed by atoms with Crippen LogP contribution in [0.4, 0.5) is 5.82 Å². The van der Waals surface area contributed by atoms with Crippen LogP contribution in [0.2, 0.25) is 0 Å². The van der Waals surface area contributed by atoms with Crippen molar-refractivity contribution >= 4 is 5.82 Å². The molecule has 0 bridgehead atoms. The summed E-state index contributed by atoms with van der Waals surface area (Å²) in [5, 5.41) is 0. The van der Waals surface area contributed by atoms with Crippen molar-refractivity contribution in [3.63, 3.8) is 0 Å². The lowest BCUT2D eigenvalue weighted by atomic mass is 9.97. The summed E-state index contributed by atoms with van der Waals surface area (Å²) in [4.78, 5) is 4.09. The molecule has 1 aromatic rings. The van der Waals surface area contributed by atoms with Crippen LogP contribution in [0.3, 0.4) is 0 Å². The number of aromatic nitrogens is 1. The van der Waals surface area contributed by atoms with Crippen molar-refractivity contribution in [3.8, 4) is 0 Å². The zero-order valence-corrected chi connectivity index (χ0v) is 7.33. The maximum absolute atomic E-state index is 5.78. The number of rotatable bonds is 2. The Morgan fingerprint density at radius 3 is 2.92 bits per heavy atom. The summed E-state index contributed by atoms with van der Waals surface area (Å²) in [5.74, 6) is 2.16. The summed E-state index contributed by atoms with van der Waals surface area (Å²) in [6.45, 7) is 2.24. The molecule has 2 heteroatoms. The lowest BCUT2D eigenvalue weighted by Crippen LogP contribution is -2.02. The van der Waals surface area contributed by atoms with E-state index in [0.717, 1.165) is 5.92 Å². The molecular formula is C10H14N2. The summed E-state index contributed by atoms with van der Waals surface area (Å²) >= 11 is 0. The second-order valence-corrected chi connectivity index (χ2v) is 3.60. The van der Waals surface area contributed by atoms with E-state index in [1.807, 2.05) is 6.07 Å². The second-order valence-electron chi connectivity index (χ2n) is 3.60. The van der Waals surface area contributed by atoms with E-state index >= 15 is 0 Å². The highest BCUT2D eigenvalue weighted by Gasteiger charge is 2.29. The van der Waals surface area contributed by atoms with Gasteiger partial charge in [0.05, 0.1) is 0 Å². The minimum absolute atomic E-state index is 0.596. The van der Waals surface area contributed by atoms with Gasteiger partial charge in [0.15, 0.2) is 0 Å². The Morgan fingerprint density at radius 2 is 2.33 bits per heavy atom. The van der Waals surface area contributed by atoms with Gasteiger partial charge < -0.3 is 5.73 Å². The number of hydrogen-bond acceptors (Lipinski definition) is 2. The Balaban J connectivity index is 2.25. The molecule has 1 atom stereocenters. The molecule has 0 aliphatic heterocycles. The quantitative estimate of drug-likeness (QED) is 0.723. The minimum Gasteiger partial charge on any atom is -0.383 e. The van der Waals surface area contributed by atoms with Gasteiger partial charge in [0.1, 0.15) is 5.82 Å². The SMILES string of the molecule is CC(c1cccnc1N)C1CC1. The average Bonchev–Trinajstić information content (AvgIpc) is 2.86. The topological polar surface area (TPSA) is 38.9 Å². The van der Waals surface area contributed by atoms with Crippen LogP contribution < -0.4 is 5.73 Å². The molecular weight excluding hydrogens is 148 g/mol. The van der Waals surface area contributed by atoms with Gasteiger partial charge in [-0.25, -0.2) is 4.98 Å². The third-order valence-electron chi connectivity index (χ3n) is 2.69. The molecule has 64 valence electrons. The number of anilines is 1. The van der Waals surface area contributed by atoms with Crippen molar-refractivity contribution < 1.29 is 0 Å². The summed E-state index contributed by atoms with van der Waals surface area (Å²) in [6, 6.07) is 4.05. The third kappa shape index (κ3) is 1.29. The summed E-state index contributed by atoms with van der Waals surface area (Å²) in [5.41, 5.74) is 7.00. The summed E-state index contributed by atoms with van der Waals surface area (Å²) < 4.78 is 0. The molecule has 0 aromatic carbocycles. The summed E-state index contributed by atoms with van der Waals surface area (Å²) in [7, 11) is 0. The van der Waals surface area contributed by atoms with E-state index in [0.29, 0.717) is 11.7 Å². The first-order chi connectivity index (χ1) is 5.79. The van der Waals surface area contributed by atoms with Crippen LogP contribution in [0.15, 0.2) is 18.3 Å². The second kappa shape index (κ2) is 2.77. The van der Waals surface area contributed by atoms with E-state index in [1.165, 1.54) is 18.4 Å². The van der Waals surface area contributed by atoms with Gasteiger partial charge in [-0.3, -0.25) is 0 Å². The molecule has 0 radical (unpaired) electrons. The summed E-state index contributed by atoms with van der Waals surface area (Å²) in [6.07, 6.45) is 4.46. The van der Waals surface area contributed by atoms with E-state index in [-0.39, 0.29) is 0 Å². The van der Waals surface area contributed by atoms with E-state index in [1.54, 1.807) is 6.20 Å². The van der Waals surface area contributed by atoms with E-state index in [4.69, 9.17) is 5.73 Å².